The van der Waals surface area contributed by atoms with Crippen molar-refractivity contribution in [2.75, 3.05) is 20.3 Å². The fourth-order valence-corrected chi connectivity index (χ4v) is 3.92. The molecule has 148 valence electrons. The van der Waals surface area contributed by atoms with Crippen molar-refractivity contribution < 1.29 is 9.47 Å². The van der Waals surface area contributed by atoms with Crippen LogP contribution in [0.15, 0.2) is 29.1 Å². The van der Waals surface area contributed by atoms with Gasteiger partial charge in [0, 0.05) is 7.11 Å². The van der Waals surface area contributed by atoms with Gasteiger partial charge in [0.2, 0.25) is 0 Å². The summed E-state index contributed by atoms with van der Waals surface area (Å²) in [5, 5.41) is 5.36. The van der Waals surface area contributed by atoms with E-state index in [0.717, 1.165) is 24.1 Å². The zero-order valence-corrected chi connectivity index (χ0v) is 16.4. The Kier molecular flexibility index (Phi) is 5.43. The molecule has 2 aromatic heterocycles. The van der Waals surface area contributed by atoms with Crippen molar-refractivity contribution in [2.45, 2.75) is 45.1 Å². The molecule has 0 amide bonds. The molecule has 7 heteroatoms. The number of aromatic nitrogens is 4. The zero-order chi connectivity index (χ0) is 19.5. The van der Waals surface area contributed by atoms with Crippen LogP contribution < -0.4 is 10.3 Å². The molecule has 0 unspecified atom stereocenters. The minimum atomic E-state index is -0.146. The van der Waals surface area contributed by atoms with E-state index in [0.29, 0.717) is 48.3 Å². The molecule has 1 N–H and O–H groups in total. The Hall–Kier alpha value is -2.67. The lowest BCUT2D eigenvalue weighted by molar-refractivity contribution is 0.146. The molecular weight excluding hydrogens is 356 g/mol. The molecule has 0 aliphatic heterocycles. The third kappa shape index (κ3) is 3.42. The normalized spacial score (nSPS) is 14.8. The number of hydrogen-bond acceptors (Lipinski definition) is 5. The molecule has 0 saturated heterocycles. The van der Waals surface area contributed by atoms with Crippen molar-refractivity contribution in [3.8, 4) is 17.1 Å². The Bertz CT molecular complexity index is 1020. The van der Waals surface area contributed by atoms with Gasteiger partial charge in [-0.05, 0) is 31.4 Å². The average molecular weight is 382 g/mol. The van der Waals surface area contributed by atoms with Crippen LogP contribution in [0, 0.1) is 0 Å². The summed E-state index contributed by atoms with van der Waals surface area (Å²) in [5.74, 6) is 1.18. The number of rotatable bonds is 7. The molecule has 1 saturated carbocycles. The van der Waals surface area contributed by atoms with Gasteiger partial charge in [0.1, 0.15) is 23.6 Å². The van der Waals surface area contributed by atoms with E-state index in [-0.39, 0.29) is 5.56 Å². The van der Waals surface area contributed by atoms with E-state index in [4.69, 9.17) is 19.6 Å². The van der Waals surface area contributed by atoms with Crippen LogP contribution in [-0.2, 0) is 11.2 Å². The summed E-state index contributed by atoms with van der Waals surface area (Å²) in [4.78, 5) is 20.7. The molecule has 0 atom stereocenters. The number of nitrogens with zero attached hydrogens (tertiary/aromatic N) is 3. The fraction of sp³-hybridized carbons (Fsp3) is 0.476. The summed E-state index contributed by atoms with van der Waals surface area (Å²) in [5.41, 5.74) is 2.10. The van der Waals surface area contributed by atoms with Gasteiger partial charge in [0.25, 0.3) is 5.56 Å². The van der Waals surface area contributed by atoms with E-state index in [9.17, 15) is 4.79 Å². The Balaban J connectivity index is 1.83. The van der Waals surface area contributed by atoms with E-state index in [1.54, 1.807) is 7.11 Å². The Labute approximate surface area is 163 Å². The first kappa shape index (κ1) is 18.7. The molecule has 2 heterocycles. The maximum Gasteiger partial charge on any atom is 0.262 e. The highest BCUT2D eigenvalue weighted by atomic mass is 16.5. The molecule has 1 aromatic carbocycles. The minimum Gasteiger partial charge on any atom is -0.490 e. The van der Waals surface area contributed by atoms with Crippen LogP contribution in [0.5, 0.6) is 5.75 Å². The fourth-order valence-electron chi connectivity index (χ4n) is 3.92. The molecule has 4 rings (SSSR count). The smallest absolute Gasteiger partial charge is 0.262 e. The van der Waals surface area contributed by atoms with Crippen LogP contribution in [0.25, 0.3) is 22.4 Å². The molecular formula is C21H26N4O3. The number of aromatic amines is 1. The third-order valence-electron chi connectivity index (χ3n) is 5.33. The highest BCUT2D eigenvalue weighted by Crippen LogP contribution is 2.33. The Morgan fingerprint density at radius 2 is 2.00 bits per heavy atom. The molecule has 1 aliphatic rings. The zero-order valence-electron chi connectivity index (χ0n) is 16.4. The first-order valence-corrected chi connectivity index (χ1v) is 9.95. The molecule has 1 aliphatic carbocycles. The number of benzene rings is 1. The van der Waals surface area contributed by atoms with Crippen molar-refractivity contribution in [2.24, 2.45) is 0 Å². The predicted molar refractivity (Wildman–Crippen MR) is 108 cm³/mol. The van der Waals surface area contributed by atoms with Gasteiger partial charge in [-0.2, -0.15) is 5.10 Å². The Morgan fingerprint density at radius 1 is 1.21 bits per heavy atom. The number of hydrogen-bond donors (Lipinski definition) is 1. The summed E-state index contributed by atoms with van der Waals surface area (Å²) in [7, 11) is 1.64. The van der Waals surface area contributed by atoms with Crippen molar-refractivity contribution in [3.63, 3.8) is 0 Å². The van der Waals surface area contributed by atoms with Crippen LogP contribution in [0.1, 0.15) is 44.3 Å². The van der Waals surface area contributed by atoms with Crippen LogP contribution in [0.2, 0.25) is 0 Å². The highest BCUT2D eigenvalue weighted by molar-refractivity contribution is 5.80. The largest absolute Gasteiger partial charge is 0.490 e. The van der Waals surface area contributed by atoms with Gasteiger partial charge in [-0.1, -0.05) is 31.9 Å². The monoisotopic (exact) mass is 382 g/mol. The highest BCUT2D eigenvalue weighted by Gasteiger charge is 2.24. The second-order valence-electron chi connectivity index (χ2n) is 7.13. The first-order chi connectivity index (χ1) is 13.7. The molecule has 0 spiro atoms. The topological polar surface area (TPSA) is 82.0 Å². The van der Waals surface area contributed by atoms with E-state index < -0.39 is 0 Å². The van der Waals surface area contributed by atoms with E-state index in [2.05, 4.69) is 4.98 Å². The lowest BCUT2D eigenvalue weighted by atomic mass is 10.1. The van der Waals surface area contributed by atoms with Gasteiger partial charge >= 0.3 is 0 Å². The van der Waals surface area contributed by atoms with E-state index in [1.807, 2.05) is 35.9 Å². The molecule has 28 heavy (non-hydrogen) atoms. The lowest BCUT2D eigenvalue weighted by Crippen LogP contribution is -2.13. The number of H-pyrrole nitrogens is 1. The van der Waals surface area contributed by atoms with E-state index >= 15 is 0 Å². The molecule has 3 aromatic rings. The standard InChI is InChI=1S/C21H26N4O3/c1-3-16-18-20(25(24-16)14-8-4-5-9-14)22-19(23-21(18)26)15-10-6-7-11-17(15)28-13-12-27-2/h6-7,10-11,14H,3-5,8-9,12-13H2,1-2H3,(H,22,23,26). The quantitative estimate of drug-likeness (QED) is 0.633. The van der Waals surface area contributed by atoms with E-state index in [1.165, 1.54) is 12.8 Å². The van der Waals surface area contributed by atoms with Gasteiger partial charge in [0.05, 0.1) is 23.9 Å². The van der Waals surface area contributed by atoms with Crippen LogP contribution >= 0.6 is 0 Å². The van der Waals surface area contributed by atoms with Crippen molar-refractivity contribution in [3.05, 3.63) is 40.3 Å². The van der Waals surface area contributed by atoms with Gasteiger partial charge in [-0.3, -0.25) is 4.79 Å². The number of ether oxygens (including phenoxy) is 2. The lowest BCUT2D eigenvalue weighted by Gasteiger charge is -2.12. The average Bonchev–Trinajstić information content (AvgIpc) is 3.36. The summed E-state index contributed by atoms with van der Waals surface area (Å²) in [6.45, 7) is 2.94. The van der Waals surface area contributed by atoms with Crippen LogP contribution in [0.4, 0.5) is 0 Å². The molecule has 0 bridgehead atoms. The second-order valence-corrected chi connectivity index (χ2v) is 7.13. The number of aryl methyl sites for hydroxylation is 1. The first-order valence-electron chi connectivity index (χ1n) is 9.95. The number of para-hydroxylation sites is 1. The third-order valence-corrected chi connectivity index (χ3v) is 5.33. The predicted octanol–water partition coefficient (Wildman–Crippen LogP) is 3.49. The van der Waals surface area contributed by atoms with Crippen LogP contribution in [-0.4, -0.2) is 40.1 Å². The second kappa shape index (κ2) is 8.14. The molecule has 7 nitrogen and oxygen atoms in total. The van der Waals surface area contributed by atoms with Gasteiger partial charge < -0.3 is 14.5 Å². The van der Waals surface area contributed by atoms with Gasteiger partial charge in [-0.25, -0.2) is 9.67 Å². The van der Waals surface area contributed by atoms with Gasteiger partial charge in [-0.15, -0.1) is 0 Å². The van der Waals surface area contributed by atoms with Crippen LogP contribution in [0.3, 0.4) is 0 Å². The maximum absolute atomic E-state index is 12.9. The molecule has 0 radical (unpaired) electrons. The van der Waals surface area contributed by atoms with Crippen molar-refractivity contribution >= 4 is 11.0 Å². The Morgan fingerprint density at radius 3 is 2.75 bits per heavy atom. The number of nitrogens with one attached hydrogen (secondary N) is 1. The summed E-state index contributed by atoms with van der Waals surface area (Å²) < 4.78 is 12.9. The minimum absolute atomic E-state index is 0.146. The van der Waals surface area contributed by atoms with Crippen molar-refractivity contribution in [1.29, 1.82) is 0 Å². The summed E-state index contributed by atoms with van der Waals surface area (Å²) in [6.07, 6.45) is 5.26. The maximum atomic E-state index is 12.9. The molecule has 1 fully saturated rings. The number of fused-ring (bicyclic) bond motifs is 1. The van der Waals surface area contributed by atoms with Crippen molar-refractivity contribution in [1.82, 2.24) is 19.7 Å². The SMILES string of the molecule is CCc1nn(C2CCCC2)c2nc(-c3ccccc3OCCOC)[nH]c(=O)c12. The number of methoxy groups -OCH3 is 1. The summed E-state index contributed by atoms with van der Waals surface area (Å²) >= 11 is 0. The summed E-state index contributed by atoms with van der Waals surface area (Å²) in [6, 6.07) is 7.91. The van der Waals surface area contributed by atoms with Gasteiger partial charge in [0.15, 0.2) is 5.65 Å².